The molecule has 110 valence electrons. The van der Waals surface area contributed by atoms with Gasteiger partial charge in [-0.3, -0.25) is 0 Å². The van der Waals surface area contributed by atoms with Gasteiger partial charge in [-0.25, -0.2) is 0 Å². The standard InChI is InChI=1S/C13H15F3N2S2/c1-18(9-4-5-20-7-9)11-3-2-8(13(14,15)16)6-10(11)12(17)19/h2-3,6,9H,4-5,7H2,1H3,(H2,17,19). The number of anilines is 1. The third-order valence-corrected chi connectivity index (χ3v) is 4.79. The first kappa shape index (κ1) is 15.4. The van der Waals surface area contributed by atoms with Gasteiger partial charge in [0.05, 0.1) is 5.56 Å². The van der Waals surface area contributed by atoms with Gasteiger partial charge in [-0.05, 0) is 30.4 Å². The topological polar surface area (TPSA) is 29.3 Å². The van der Waals surface area contributed by atoms with E-state index in [1.807, 2.05) is 23.7 Å². The molecule has 0 radical (unpaired) electrons. The molecule has 1 aromatic carbocycles. The van der Waals surface area contributed by atoms with E-state index in [4.69, 9.17) is 18.0 Å². The van der Waals surface area contributed by atoms with Crippen molar-refractivity contribution in [2.24, 2.45) is 5.73 Å². The monoisotopic (exact) mass is 320 g/mol. The fourth-order valence-corrected chi connectivity index (χ4v) is 3.67. The smallest absolute Gasteiger partial charge is 0.389 e. The molecule has 1 aliphatic rings. The highest BCUT2D eigenvalue weighted by Gasteiger charge is 2.32. The third-order valence-electron chi connectivity index (χ3n) is 3.42. The average molecular weight is 320 g/mol. The summed E-state index contributed by atoms with van der Waals surface area (Å²) in [5, 5.41) is 0. The number of hydrogen-bond donors (Lipinski definition) is 1. The normalized spacial score (nSPS) is 19.1. The molecule has 7 heteroatoms. The van der Waals surface area contributed by atoms with Crippen molar-refractivity contribution in [1.29, 1.82) is 0 Å². The molecule has 1 atom stereocenters. The second-order valence-electron chi connectivity index (χ2n) is 4.72. The highest BCUT2D eigenvalue weighted by Crippen LogP contribution is 2.34. The molecule has 2 rings (SSSR count). The Kier molecular flexibility index (Phi) is 4.49. The van der Waals surface area contributed by atoms with Crippen LogP contribution in [0.25, 0.3) is 0 Å². The first-order valence-electron chi connectivity index (χ1n) is 6.12. The molecule has 0 spiro atoms. The summed E-state index contributed by atoms with van der Waals surface area (Å²) in [6.07, 6.45) is -3.38. The zero-order valence-electron chi connectivity index (χ0n) is 10.9. The van der Waals surface area contributed by atoms with Gasteiger partial charge in [0, 0.05) is 30.1 Å². The lowest BCUT2D eigenvalue weighted by atomic mass is 10.1. The van der Waals surface area contributed by atoms with Gasteiger partial charge in [-0.2, -0.15) is 24.9 Å². The van der Waals surface area contributed by atoms with Gasteiger partial charge in [0.15, 0.2) is 0 Å². The van der Waals surface area contributed by atoms with Gasteiger partial charge < -0.3 is 10.6 Å². The van der Waals surface area contributed by atoms with Crippen molar-refractivity contribution >= 4 is 34.7 Å². The van der Waals surface area contributed by atoms with Gasteiger partial charge in [0.1, 0.15) is 4.99 Å². The number of hydrogen-bond acceptors (Lipinski definition) is 3. The number of thioether (sulfide) groups is 1. The van der Waals surface area contributed by atoms with Crippen molar-refractivity contribution in [1.82, 2.24) is 0 Å². The van der Waals surface area contributed by atoms with Gasteiger partial charge in [-0.1, -0.05) is 12.2 Å². The van der Waals surface area contributed by atoms with Crippen molar-refractivity contribution in [3.8, 4) is 0 Å². The molecule has 1 saturated heterocycles. The Morgan fingerprint density at radius 1 is 1.45 bits per heavy atom. The van der Waals surface area contributed by atoms with Crippen LogP contribution in [0.3, 0.4) is 0 Å². The molecule has 0 saturated carbocycles. The van der Waals surface area contributed by atoms with Crippen LogP contribution in [0, 0.1) is 0 Å². The summed E-state index contributed by atoms with van der Waals surface area (Å²) in [5.74, 6) is 2.03. The first-order chi connectivity index (χ1) is 9.30. The summed E-state index contributed by atoms with van der Waals surface area (Å²) in [5.41, 5.74) is 5.82. The third kappa shape index (κ3) is 3.20. The van der Waals surface area contributed by atoms with Crippen LogP contribution in [-0.4, -0.2) is 29.6 Å². The molecule has 0 aliphatic carbocycles. The zero-order valence-corrected chi connectivity index (χ0v) is 12.5. The van der Waals surface area contributed by atoms with Crippen molar-refractivity contribution in [3.05, 3.63) is 29.3 Å². The second kappa shape index (κ2) is 5.81. The molecule has 0 bridgehead atoms. The van der Waals surface area contributed by atoms with Crippen LogP contribution in [0.15, 0.2) is 18.2 Å². The average Bonchev–Trinajstić information content (AvgIpc) is 2.89. The fourth-order valence-electron chi connectivity index (χ4n) is 2.24. The second-order valence-corrected chi connectivity index (χ2v) is 6.31. The van der Waals surface area contributed by atoms with Gasteiger partial charge in [-0.15, -0.1) is 0 Å². The zero-order chi connectivity index (χ0) is 14.9. The van der Waals surface area contributed by atoms with E-state index < -0.39 is 11.7 Å². The Balaban J connectivity index is 2.39. The maximum atomic E-state index is 12.8. The van der Waals surface area contributed by atoms with Crippen molar-refractivity contribution in [3.63, 3.8) is 0 Å². The Labute approximate surface area is 125 Å². The van der Waals surface area contributed by atoms with Crippen molar-refractivity contribution in [2.75, 3.05) is 23.5 Å². The van der Waals surface area contributed by atoms with Crippen LogP contribution in [-0.2, 0) is 6.18 Å². The summed E-state index contributed by atoms with van der Waals surface area (Å²) in [4.78, 5) is 1.97. The number of benzene rings is 1. The molecular weight excluding hydrogens is 305 g/mol. The molecule has 1 aromatic rings. The first-order valence-corrected chi connectivity index (χ1v) is 7.68. The quantitative estimate of drug-likeness (QED) is 0.866. The maximum absolute atomic E-state index is 12.8. The Morgan fingerprint density at radius 2 is 2.15 bits per heavy atom. The van der Waals surface area contributed by atoms with Crippen LogP contribution < -0.4 is 10.6 Å². The van der Waals surface area contributed by atoms with E-state index in [1.54, 1.807) is 0 Å². The minimum Gasteiger partial charge on any atom is -0.389 e. The predicted molar refractivity (Wildman–Crippen MR) is 81.5 cm³/mol. The van der Waals surface area contributed by atoms with Gasteiger partial charge in [0.2, 0.25) is 0 Å². The van der Waals surface area contributed by atoms with Crippen LogP contribution in [0.2, 0.25) is 0 Å². The summed E-state index contributed by atoms with van der Waals surface area (Å²) >= 11 is 6.75. The van der Waals surface area contributed by atoms with E-state index in [0.29, 0.717) is 11.7 Å². The number of alkyl halides is 3. The van der Waals surface area contributed by atoms with Gasteiger partial charge >= 0.3 is 6.18 Å². The number of thiocarbonyl (C=S) groups is 1. The van der Waals surface area contributed by atoms with Crippen molar-refractivity contribution < 1.29 is 13.2 Å². The van der Waals surface area contributed by atoms with E-state index in [1.165, 1.54) is 6.07 Å². The lowest BCUT2D eigenvalue weighted by molar-refractivity contribution is -0.137. The molecule has 1 unspecified atom stereocenters. The van der Waals surface area contributed by atoms with Crippen LogP contribution in [0.1, 0.15) is 17.5 Å². The van der Waals surface area contributed by atoms with Crippen LogP contribution >= 0.6 is 24.0 Å². The SMILES string of the molecule is CN(c1ccc(C(F)(F)F)cc1C(N)=S)C1CCSC1. The van der Waals surface area contributed by atoms with Crippen LogP contribution in [0.5, 0.6) is 0 Å². The van der Waals surface area contributed by atoms with E-state index >= 15 is 0 Å². The summed E-state index contributed by atoms with van der Waals surface area (Å²) in [6.45, 7) is 0. The Hall–Kier alpha value is -0.950. The Morgan fingerprint density at radius 3 is 2.65 bits per heavy atom. The summed E-state index contributed by atoms with van der Waals surface area (Å²) in [7, 11) is 1.88. The minimum absolute atomic E-state index is 0.0106. The molecule has 1 heterocycles. The molecule has 2 N–H and O–H groups in total. The number of rotatable bonds is 3. The Bertz CT molecular complexity index is 511. The molecule has 0 amide bonds. The fraction of sp³-hybridized carbons (Fsp3) is 0.462. The lowest BCUT2D eigenvalue weighted by Crippen LogP contribution is -2.33. The number of nitrogens with zero attached hydrogens (tertiary/aromatic N) is 1. The molecule has 1 aliphatic heterocycles. The summed E-state index contributed by atoms with van der Waals surface area (Å²) in [6, 6.07) is 3.89. The van der Waals surface area contributed by atoms with Crippen LogP contribution in [0.4, 0.5) is 18.9 Å². The van der Waals surface area contributed by atoms with E-state index in [2.05, 4.69) is 0 Å². The van der Waals surface area contributed by atoms with E-state index in [-0.39, 0.29) is 10.6 Å². The van der Waals surface area contributed by atoms with E-state index in [9.17, 15) is 13.2 Å². The molecule has 0 aromatic heterocycles. The highest BCUT2D eigenvalue weighted by molar-refractivity contribution is 7.99. The van der Waals surface area contributed by atoms with Crippen molar-refractivity contribution in [2.45, 2.75) is 18.6 Å². The highest BCUT2D eigenvalue weighted by atomic mass is 32.2. The largest absolute Gasteiger partial charge is 0.416 e. The predicted octanol–water partition coefficient (Wildman–Crippen LogP) is 3.28. The van der Waals surface area contributed by atoms with Gasteiger partial charge in [0.25, 0.3) is 0 Å². The van der Waals surface area contributed by atoms with E-state index in [0.717, 1.165) is 30.1 Å². The molecule has 20 heavy (non-hydrogen) atoms. The minimum atomic E-state index is -4.39. The number of nitrogens with two attached hydrogens (primary N) is 1. The maximum Gasteiger partial charge on any atom is 0.416 e. The molecule has 1 fully saturated rings. The lowest BCUT2D eigenvalue weighted by Gasteiger charge is -2.28. The molecular formula is C13H15F3N2S2. The molecule has 2 nitrogen and oxygen atoms in total. The summed E-state index contributed by atoms with van der Waals surface area (Å²) < 4.78 is 38.3. The number of halogens is 3.